The topological polar surface area (TPSA) is 46.4 Å². The number of nitrogens with one attached hydrogen (secondary N) is 1. The molecule has 0 fully saturated rings. The highest BCUT2D eigenvalue weighted by atomic mass is 35.5. The van der Waals surface area contributed by atoms with E-state index in [-0.39, 0.29) is 5.91 Å². The molecule has 3 aromatic rings. The summed E-state index contributed by atoms with van der Waals surface area (Å²) < 4.78 is 3.07. The van der Waals surface area contributed by atoms with Gasteiger partial charge in [0.15, 0.2) is 0 Å². The number of thiazole rings is 1. The average Bonchev–Trinajstić information content (AvgIpc) is 2.82. The molecule has 21 heavy (non-hydrogen) atoms. The Morgan fingerprint density at radius 1 is 1.19 bits per heavy atom. The number of fused-ring (bicyclic) bond motifs is 1. The highest BCUT2D eigenvalue weighted by molar-refractivity contribution is 7.16. The summed E-state index contributed by atoms with van der Waals surface area (Å²) in [4.78, 5) is 12.7. The average molecular weight is 318 g/mol. The van der Waals surface area contributed by atoms with Crippen molar-refractivity contribution in [3.05, 3.63) is 63.9 Å². The molecule has 0 spiro atoms. The van der Waals surface area contributed by atoms with Crippen molar-refractivity contribution < 1.29 is 4.79 Å². The lowest BCUT2D eigenvalue weighted by atomic mass is 10.2. The number of amides is 1. The maximum Gasteiger partial charge on any atom is 0.271 e. The number of rotatable bonds is 2. The van der Waals surface area contributed by atoms with Crippen molar-refractivity contribution in [3.63, 3.8) is 0 Å². The second-order valence-corrected chi connectivity index (χ2v) is 5.92. The number of para-hydroxylation sites is 1. The van der Waals surface area contributed by atoms with Gasteiger partial charge in [-0.25, -0.2) is 5.43 Å². The standard InChI is InChI=1S/C15H12ClN3OS/c1-19-12-4-2-3-5-13(12)21-15(19)18-17-14(20)10-6-8-11(16)9-7-10/h2-9H,1H3,(H,17,20)/b18-15-. The van der Waals surface area contributed by atoms with Crippen molar-refractivity contribution >= 4 is 39.1 Å². The van der Waals surface area contributed by atoms with E-state index in [2.05, 4.69) is 10.5 Å². The van der Waals surface area contributed by atoms with Crippen LogP contribution in [-0.4, -0.2) is 10.5 Å². The largest absolute Gasteiger partial charge is 0.318 e. The van der Waals surface area contributed by atoms with E-state index >= 15 is 0 Å². The zero-order chi connectivity index (χ0) is 14.8. The molecule has 0 aliphatic heterocycles. The van der Waals surface area contributed by atoms with E-state index in [1.54, 1.807) is 24.3 Å². The number of carbonyl (C=O) groups is 1. The minimum Gasteiger partial charge on any atom is -0.318 e. The van der Waals surface area contributed by atoms with Crippen LogP contribution in [0, 0.1) is 0 Å². The first-order valence-corrected chi connectivity index (χ1v) is 7.49. The van der Waals surface area contributed by atoms with E-state index in [0.717, 1.165) is 15.0 Å². The monoisotopic (exact) mass is 317 g/mol. The number of hydrogen-bond donors (Lipinski definition) is 1. The van der Waals surface area contributed by atoms with Crippen molar-refractivity contribution in [3.8, 4) is 0 Å². The van der Waals surface area contributed by atoms with Gasteiger partial charge in [-0.15, -0.1) is 5.10 Å². The van der Waals surface area contributed by atoms with Gasteiger partial charge in [0, 0.05) is 17.6 Å². The molecule has 4 nitrogen and oxygen atoms in total. The molecule has 6 heteroatoms. The molecular weight excluding hydrogens is 306 g/mol. The van der Waals surface area contributed by atoms with Crippen LogP contribution in [-0.2, 0) is 7.05 Å². The van der Waals surface area contributed by atoms with Gasteiger partial charge in [0.25, 0.3) is 5.91 Å². The number of nitrogens with zero attached hydrogens (tertiary/aromatic N) is 2. The van der Waals surface area contributed by atoms with Gasteiger partial charge in [-0.05, 0) is 36.4 Å². The highest BCUT2D eigenvalue weighted by Crippen LogP contribution is 2.15. The SMILES string of the molecule is Cn1/c(=N/NC(=O)c2ccc(Cl)cc2)sc2ccccc21. The number of hydrogen-bond acceptors (Lipinski definition) is 3. The van der Waals surface area contributed by atoms with E-state index in [1.165, 1.54) is 11.3 Å². The summed E-state index contributed by atoms with van der Waals surface area (Å²) in [6.45, 7) is 0. The molecule has 0 aliphatic rings. The summed E-state index contributed by atoms with van der Waals surface area (Å²) in [5.74, 6) is -0.260. The fourth-order valence-corrected chi connectivity index (χ4v) is 3.06. The van der Waals surface area contributed by atoms with E-state index < -0.39 is 0 Å². The van der Waals surface area contributed by atoms with Crippen molar-refractivity contribution in [1.82, 2.24) is 9.99 Å². The summed E-state index contributed by atoms with van der Waals surface area (Å²) in [5.41, 5.74) is 4.17. The van der Waals surface area contributed by atoms with Crippen molar-refractivity contribution in [1.29, 1.82) is 0 Å². The molecule has 0 aliphatic carbocycles. The minimum absolute atomic E-state index is 0.260. The van der Waals surface area contributed by atoms with E-state index in [4.69, 9.17) is 11.6 Å². The molecule has 0 radical (unpaired) electrons. The Bertz CT molecular complexity index is 865. The molecule has 2 aromatic carbocycles. The Morgan fingerprint density at radius 2 is 1.90 bits per heavy atom. The molecule has 0 saturated carbocycles. The van der Waals surface area contributed by atoms with Crippen LogP contribution < -0.4 is 10.2 Å². The van der Waals surface area contributed by atoms with Crippen molar-refractivity contribution in [2.45, 2.75) is 0 Å². The molecule has 0 saturated heterocycles. The van der Waals surface area contributed by atoms with Crippen LogP contribution in [0.2, 0.25) is 5.02 Å². The van der Waals surface area contributed by atoms with Crippen LogP contribution in [0.1, 0.15) is 10.4 Å². The first-order valence-electron chi connectivity index (χ1n) is 6.29. The third-order valence-electron chi connectivity index (χ3n) is 3.07. The first-order chi connectivity index (χ1) is 10.1. The normalized spacial score (nSPS) is 11.8. The predicted molar refractivity (Wildman–Crippen MR) is 85.3 cm³/mol. The van der Waals surface area contributed by atoms with Gasteiger partial charge in [0.05, 0.1) is 10.2 Å². The minimum atomic E-state index is -0.260. The fraction of sp³-hybridized carbons (Fsp3) is 0.0667. The predicted octanol–water partition coefficient (Wildman–Crippen LogP) is 3.14. The summed E-state index contributed by atoms with van der Waals surface area (Å²) >= 11 is 7.32. The van der Waals surface area contributed by atoms with Gasteiger partial charge in [0.2, 0.25) is 4.80 Å². The Labute approximate surface area is 130 Å². The van der Waals surface area contributed by atoms with E-state index in [9.17, 15) is 4.79 Å². The summed E-state index contributed by atoms with van der Waals surface area (Å²) in [6.07, 6.45) is 0. The first kappa shape index (κ1) is 13.9. The lowest BCUT2D eigenvalue weighted by Crippen LogP contribution is -2.23. The Balaban J connectivity index is 1.89. The zero-order valence-corrected chi connectivity index (χ0v) is 12.8. The number of benzene rings is 2. The quantitative estimate of drug-likeness (QED) is 0.725. The van der Waals surface area contributed by atoms with Crippen molar-refractivity contribution in [2.24, 2.45) is 12.1 Å². The lowest BCUT2D eigenvalue weighted by Gasteiger charge is -1.99. The van der Waals surface area contributed by atoms with E-state index in [0.29, 0.717) is 10.6 Å². The Kier molecular flexibility index (Phi) is 3.77. The van der Waals surface area contributed by atoms with E-state index in [1.807, 2.05) is 35.9 Å². The Hall–Kier alpha value is -2.11. The molecular formula is C15H12ClN3OS. The summed E-state index contributed by atoms with van der Waals surface area (Å²) in [6, 6.07) is 14.7. The molecule has 0 bridgehead atoms. The van der Waals surface area contributed by atoms with Gasteiger partial charge in [-0.2, -0.15) is 0 Å². The van der Waals surface area contributed by atoms with Crippen molar-refractivity contribution in [2.75, 3.05) is 0 Å². The van der Waals surface area contributed by atoms with Crippen LogP contribution in [0.3, 0.4) is 0 Å². The molecule has 0 atom stereocenters. The van der Waals surface area contributed by atoms with Crippen LogP contribution in [0.15, 0.2) is 53.6 Å². The summed E-state index contributed by atoms with van der Waals surface area (Å²) in [5, 5.41) is 4.79. The van der Waals surface area contributed by atoms with Gasteiger partial charge in [0.1, 0.15) is 0 Å². The van der Waals surface area contributed by atoms with Crippen LogP contribution in [0.25, 0.3) is 10.2 Å². The number of aromatic nitrogens is 1. The maximum absolute atomic E-state index is 12.0. The van der Waals surface area contributed by atoms with Gasteiger partial charge < -0.3 is 4.57 Å². The molecule has 1 amide bonds. The molecule has 1 heterocycles. The third-order valence-corrected chi connectivity index (χ3v) is 4.44. The molecule has 106 valence electrons. The van der Waals surface area contributed by atoms with Gasteiger partial charge >= 0.3 is 0 Å². The second-order valence-electron chi connectivity index (χ2n) is 4.47. The van der Waals surface area contributed by atoms with Crippen LogP contribution in [0.4, 0.5) is 0 Å². The smallest absolute Gasteiger partial charge is 0.271 e. The van der Waals surface area contributed by atoms with Gasteiger partial charge in [-0.1, -0.05) is 35.1 Å². The molecule has 1 N–H and O–H groups in total. The van der Waals surface area contributed by atoms with Crippen LogP contribution >= 0.6 is 22.9 Å². The molecule has 1 aromatic heterocycles. The molecule has 0 unspecified atom stereocenters. The number of halogens is 1. The third kappa shape index (κ3) is 2.84. The lowest BCUT2D eigenvalue weighted by molar-refractivity contribution is 0.0953. The molecule has 3 rings (SSSR count). The fourth-order valence-electron chi connectivity index (χ4n) is 1.95. The van der Waals surface area contributed by atoms with Crippen LogP contribution in [0.5, 0.6) is 0 Å². The summed E-state index contributed by atoms with van der Waals surface area (Å²) in [7, 11) is 1.92. The Morgan fingerprint density at radius 3 is 2.62 bits per heavy atom. The highest BCUT2D eigenvalue weighted by Gasteiger charge is 2.05. The van der Waals surface area contributed by atoms with Gasteiger partial charge in [-0.3, -0.25) is 4.79 Å². The number of aryl methyl sites for hydroxylation is 1. The number of carbonyl (C=O) groups excluding carboxylic acids is 1. The second kappa shape index (κ2) is 5.71. The maximum atomic E-state index is 12.0. The zero-order valence-electron chi connectivity index (χ0n) is 11.2.